The first kappa shape index (κ1) is 12.9. The van der Waals surface area contributed by atoms with Gasteiger partial charge in [-0.2, -0.15) is 0 Å². The molecule has 0 radical (unpaired) electrons. The van der Waals surface area contributed by atoms with Gasteiger partial charge in [-0.1, -0.05) is 0 Å². The van der Waals surface area contributed by atoms with Crippen molar-refractivity contribution < 1.29 is 30.0 Å². The normalized spacial score (nSPS) is 14.0. The van der Waals surface area contributed by atoms with Crippen LogP contribution in [0.4, 0.5) is 5.82 Å². The number of nitrogen functional groups attached to an aromatic ring is 1. The van der Waals surface area contributed by atoms with Gasteiger partial charge in [0, 0.05) is 11.8 Å². The summed E-state index contributed by atoms with van der Waals surface area (Å²) in [5.74, 6) is -3.27. The Morgan fingerprint density at radius 3 is 2.35 bits per heavy atom. The lowest BCUT2D eigenvalue weighted by atomic mass is 10.0. The summed E-state index contributed by atoms with van der Waals surface area (Å²) in [6.07, 6.45) is -2.85. The van der Waals surface area contributed by atoms with Gasteiger partial charge in [0.15, 0.2) is 6.10 Å². The second-order valence-corrected chi connectivity index (χ2v) is 3.23. The molecule has 1 rings (SSSR count). The minimum atomic E-state index is -2.07. The Labute approximate surface area is 95.0 Å². The molecule has 2 unspecified atom stereocenters. The zero-order chi connectivity index (χ0) is 13.2. The standard InChI is InChI=1S/C9H10N2O6/c10-7-4(8(14)15)1-3(2-11-7)5(12)6(13)9(16)17/h1-2,5-6,12-13H,(H2,10,11)(H,14,15)(H,16,17). The minimum Gasteiger partial charge on any atom is -0.479 e. The van der Waals surface area contributed by atoms with Crippen molar-refractivity contribution in [2.45, 2.75) is 12.2 Å². The zero-order valence-corrected chi connectivity index (χ0v) is 8.44. The fourth-order valence-electron chi connectivity index (χ4n) is 1.14. The molecule has 0 aliphatic carbocycles. The van der Waals surface area contributed by atoms with E-state index < -0.39 is 24.1 Å². The SMILES string of the molecule is Nc1ncc(C(O)C(O)C(=O)O)cc1C(=O)O. The maximum atomic E-state index is 10.7. The Morgan fingerprint density at radius 1 is 1.29 bits per heavy atom. The van der Waals surface area contributed by atoms with Gasteiger partial charge in [-0.15, -0.1) is 0 Å². The highest BCUT2D eigenvalue weighted by Gasteiger charge is 2.26. The number of aliphatic carboxylic acids is 1. The number of hydrogen-bond donors (Lipinski definition) is 5. The molecule has 0 aromatic carbocycles. The second-order valence-electron chi connectivity index (χ2n) is 3.23. The maximum absolute atomic E-state index is 10.7. The van der Waals surface area contributed by atoms with Crippen molar-refractivity contribution in [1.29, 1.82) is 0 Å². The number of carboxylic acid groups (broad SMARTS) is 2. The van der Waals surface area contributed by atoms with Crippen molar-refractivity contribution >= 4 is 17.8 Å². The predicted molar refractivity (Wildman–Crippen MR) is 54.2 cm³/mol. The number of aromatic nitrogens is 1. The number of nitrogens with two attached hydrogens (primary N) is 1. The lowest BCUT2D eigenvalue weighted by Crippen LogP contribution is -2.27. The van der Waals surface area contributed by atoms with E-state index in [9.17, 15) is 14.7 Å². The first-order valence-corrected chi connectivity index (χ1v) is 4.42. The van der Waals surface area contributed by atoms with Crippen molar-refractivity contribution in [2.75, 3.05) is 5.73 Å². The van der Waals surface area contributed by atoms with E-state index in [0.29, 0.717) is 0 Å². The van der Waals surface area contributed by atoms with Crippen LogP contribution >= 0.6 is 0 Å². The van der Waals surface area contributed by atoms with Gasteiger partial charge in [0.05, 0.1) is 0 Å². The molecule has 0 bridgehead atoms. The summed E-state index contributed by atoms with van der Waals surface area (Å²) in [7, 11) is 0. The van der Waals surface area contributed by atoms with Crippen LogP contribution in [0.3, 0.4) is 0 Å². The largest absolute Gasteiger partial charge is 0.479 e. The van der Waals surface area contributed by atoms with E-state index >= 15 is 0 Å². The van der Waals surface area contributed by atoms with Crippen LogP contribution in [-0.2, 0) is 4.79 Å². The van der Waals surface area contributed by atoms with Gasteiger partial charge in [0.2, 0.25) is 0 Å². The van der Waals surface area contributed by atoms with Gasteiger partial charge in [0.1, 0.15) is 17.5 Å². The summed E-state index contributed by atoms with van der Waals surface area (Å²) >= 11 is 0. The molecule has 2 atom stereocenters. The average molecular weight is 242 g/mol. The number of hydrogen-bond acceptors (Lipinski definition) is 6. The van der Waals surface area contributed by atoms with E-state index in [2.05, 4.69) is 4.98 Å². The number of aromatic carboxylic acids is 1. The second kappa shape index (κ2) is 4.76. The fraction of sp³-hybridized carbons (Fsp3) is 0.222. The summed E-state index contributed by atoms with van der Waals surface area (Å²) < 4.78 is 0. The summed E-state index contributed by atoms with van der Waals surface area (Å²) in [5.41, 5.74) is 4.75. The lowest BCUT2D eigenvalue weighted by molar-refractivity contribution is -0.153. The van der Waals surface area contributed by atoms with E-state index in [1.165, 1.54) is 0 Å². The third kappa shape index (κ3) is 2.68. The number of anilines is 1. The molecule has 1 aromatic rings. The molecule has 0 saturated heterocycles. The molecule has 92 valence electrons. The third-order valence-corrected chi connectivity index (χ3v) is 2.06. The van der Waals surface area contributed by atoms with Crippen molar-refractivity contribution in [3.05, 3.63) is 23.4 Å². The number of pyridine rings is 1. The molecule has 0 saturated carbocycles. The molecule has 0 amide bonds. The van der Waals surface area contributed by atoms with Crippen LogP contribution in [0.2, 0.25) is 0 Å². The van der Waals surface area contributed by atoms with Crippen LogP contribution in [0.1, 0.15) is 22.0 Å². The van der Waals surface area contributed by atoms with Gasteiger partial charge in [0.25, 0.3) is 0 Å². The number of aliphatic hydroxyl groups excluding tert-OH is 2. The average Bonchev–Trinajstić information content (AvgIpc) is 2.27. The topological polar surface area (TPSA) is 154 Å². The quantitative estimate of drug-likeness (QED) is 0.443. The third-order valence-electron chi connectivity index (χ3n) is 2.06. The van der Waals surface area contributed by atoms with Crippen LogP contribution in [0.15, 0.2) is 12.3 Å². The van der Waals surface area contributed by atoms with Gasteiger partial charge in [-0.3, -0.25) is 0 Å². The highest BCUT2D eigenvalue weighted by molar-refractivity contribution is 5.92. The molecular weight excluding hydrogens is 232 g/mol. The molecule has 8 heteroatoms. The lowest BCUT2D eigenvalue weighted by Gasteiger charge is -2.14. The summed E-state index contributed by atoms with van der Waals surface area (Å²) in [6.45, 7) is 0. The van der Waals surface area contributed by atoms with Crippen LogP contribution in [0.25, 0.3) is 0 Å². The van der Waals surface area contributed by atoms with Gasteiger partial charge < -0.3 is 26.2 Å². The Balaban J connectivity index is 3.11. The van der Waals surface area contributed by atoms with E-state index in [4.69, 9.17) is 21.1 Å². The Morgan fingerprint density at radius 2 is 1.88 bits per heavy atom. The molecule has 0 fully saturated rings. The van der Waals surface area contributed by atoms with E-state index in [1.54, 1.807) is 0 Å². The van der Waals surface area contributed by atoms with E-state index in [0.717, 1.165) is 12.3 Å². The van der Waals surface area contributed by atoms with Crippen molar-refractivity contribution in [3.8, 4) is 0 Å². The van der Waals surface area contributed by atoms with Crippen LogP contribution in [0, 0.1) is 0 Å². The van der Waals surface area contributed by atoms with Crippen molar-refractivity contribution in [1.82, 2.24) is 4.98 Å². The minimum absolute atomic E-state index is 0.147. The number of carboxylic acids is 2. The monoisotopic (exact) mass is 242 g/mol. The fourth-order valence-corrected chi connectivity index (χ4v) is 1.14. The molecule has 8 nitrogen and oxygen atoms in total. The molecule has 1 aromatic heterocycles. The van der Waals surface area contributed by atoms with Crippen LogP contribution in [-0.4, -0.2) is 43.5 Å². The smallest absolute Gasteiger partial charge is 0.339 e. The summed E-state index contributed by atoms with van der Waals surface area (Å²) in [5, 5.41) is 35.8. The number of aliphatic hydroxyl groups is 2. The number of carbonyl (C=O) groups is 2. The maximum Gasteiger partial charge on any atom is 0.339 e. The van der Waals surface area contributed by atoms with Crippen LogP contribution in [0.5, 0.6) is 0 Å². The van der Waals surface area contributed by atoms with E-state index in [-0.39, 0.29) is 16.9 Å². The first-order valence-electron chi connectivity index (χ1n) is 4.42. The summed E-state index contributed by atoms with van der Waals surface area (Å²) in [6, 6.07) is 0.960. The Kier molecular flexibility index (Phi) is 3.61. The Bertz CT molecular complexity index is 461. The highest BCUT2D eigenvalue weighted by Crippen LogP contribution is 2.20. The van der Waals surface area contributed by atoms with Gasteiger partial charge in [-0.25, -0.2) is 14.6 Å². The molecule has 0 aliphatic rings. The number of rotatable bonds is 4. The summed E-state index contributed by atoms with van der Waals surface area (Å²) in [4.78, 5) is 24.6. The first-order chi connectivity index (χ1) is 7.84. The predicted octanol–water partition coefficient (Wildman–Crippen LogP) is -1.16. The van der Waals surface area contributed by atoms with Gasteiger partial charge in [-0.05, 0) is 6.07 Å². The highest BCUT2D eigenvalue weighted by atomic mass is 16.4. The number of nitrogens with zero attached hydrogens (tertiary/aromatic N) is 1. The van der Waals surface area contributed by atoms with Crippen LogP contribution < -0.4 is 5.73 Å². The Hall–Kier alpha value is -2.19. The molecule has 1 heterocycles. The molecule has 17 heavy (non-hydrogen) atoms. The van der Waals surface area contributed by atoms with Gasteiger partial charge >= 0.3 is 11.9 Å². The molecule has 0 spiro atoms. The molecular formula is C9H10N2O6. The molecule has 0 aliphatic heterocycles. The van der Waals surface area contributed by atoms with E-state index in [1.807, 2.05) is 0 Å². The van der Waals surface area contributed by atoms with Crippen molar-refractivity contribution in [3.63, 3.8) is 0 Å². The zero-order valence-electron chi connectivity index (χ0n) is 8.44. The van der Waals surface area contributed by atoms with Crippen molar-refractivity contribution in [2.24, 2.45) is 0 Å². The molecule has 6 N–H and O–H groups in total.